The van der Waals surface area contributed by atoms with E-state index >= 15 is 0 Å². The number of fused-ring (bicyclic) bond motifs is 2. The minimum absolute atomic E-state index is 0.171. The van der Waals surface area contributed by atoms with E-state index in [-0.39, 0.29) is 5.91 Å². The van der Waals surface area contributed by atoms with E-state index in [0.717, 1.165) is 27.8 Å². The summed E-state index contributed by atoms with van der Waals surface area (Å²) in [5.41, 5.74) is 4.78. The molecular weight excluding hydrogens is 445 g/mol. The van der Waals surface area contributed by atoms with E-state index in [0.29, 0.717) is 39.9 Å². The average molecular weight is 464 g/mol. The Morgan fingerprint density at radius 3 is 2.91 bits per heavy atom. The Labute approximate surface area is 194 Å². The van der Waals surface area contributed by atoms with Crippen LogP contribution in [0.1, 0.15) is 21.7 Å². The highest BCUT2D eigenvalue weighted by Crippen LogP contribution is 2.27. The zero-order valence-electron chi connectivity index (χ0n) is 17.2. The largest absolute Gasteiger partial charge is 0.361 e. The van der Waals surface area contributed by atoms with Gasteiger partial charge in [0, 0.05) is 40.4 Å². The molecule has 5 aromatic rings. The van der Waals surface area contributed by atoms with Crippen molar-refractivity contribution in [3.05, 3.63) is 87.9 Å². The molecule has 0 aliphatic rings. The molecule has 160 valence electrons. The van der Waals surface area contributed by atoms with Crippen molar-refractivity contribution in [2.45, 2.75) is 13.3 Å². The van der Waals surface area contributed by atoms with E-state index in [9.17, 15) is 4.79 Å². The molecule has 0 atom stereocenters. The lowest BCUT2D eigenvalue weighted by Crippen LogP contribution is -2.25. The highest BCUT2D eigenvalue weighted by molar-refractivity contribution is 6.32. The molecule has 2 aromatic carbocycles. The number of carbonyl (C=O) groups excluding carboxylic acids is 1. The molecule has 0 aliphatic heterocycles. The second kappa shape index (κ2) is 8.30. The van der Waals surface area contributed by atoms with Crippen molar-refractivity contribution in [1.29, 1.82) is 0 Å². The summed E-state index contributed by atoms with van der Waals surface area (Å²) in [5, 5.41) is 5.26. The van der Waals surface area contributed by atoms with Crippen molar-refractivity contribution in [2.24, 2.45) is 0 Å². The first kappa shape index (κ1) is 20.5. The summed E-state index contributed by atoms with van der Waals surface area (Å²) in [7, 11) is 0. The van der Waals surface area contributed by atoms with Gasteiger partial charge in [0.1, 0.15) is 11.3 Å². The normalized spacial score (nSPS) is 11.3. The first-order valence-corrected chi connectivity index (χ1v) is 10.9. The third kappa shape index (κ3) is 3.72. The van der Waals surface area contributed by atoms with Gasteiger partial charge in [0.2, 0.25) is 0 Å². The van der Waals surface area contributed by atoms with Crippen LogP contribution >= 0.6 is 23.2 Å². The number of halogens is 2. The number of nitrogens with zero attached hydrogens (tertiary/aromatic N) is 3. The monoisotopic (exact) mass is 463 g/mol. The molecule has 0 aliphatic carbocycles. The molecule has 6 nitrogen and oxygen atoms in total. The van der Waals surface area contributed by atoms with E-state index < -0.39 is 0 Å². The number of hydrogen-bond donors (Lipinski definition) is 2. The van der Waals surface area contributed by atoms with Crippen LogP contribution in [0.3, 0.4) is 0 Å². The Kier molecular flexibility index (Phi) is 5.33. The lowest BCUT2D eigenvalue weighted by Gasteiger charge is -2.11. The summed E-state index contributed by atoms with van der Waals surface area (Å²) in [4.78, 5) is 25.1. The Hall–Kier alpha value is -3.35. The summed E-state index contributed by atoms with van der Waals surface area (Å²) >= 11 is 12.6. The summed E-state index contributed by atoms with van der Waals surface area (Å²) in [6.07, 6.45) is 4.34. The van der Waals surface area contributed by atoms with Crippen molar-refractivity contribution < 1.29 is 4.79 Å². The zero-order chi connectivity index (χ0) is 22.2. The molecule has 32 heavy (non-hydrogen) atoms. The number of imidazole rings is 1. The predicted molar refractivity (Wildman–Crippen MR) is 128 cm³/mol. The minimum atomic E-state index is -0.171. The number of aromatic nitrogens is 4. The molecular formula is C24H19Cl2N5O. The van der Waals surface area contributed by atoms with E-state index in [1.807, 2.05) is 48.0 Å². The number of pyridine rings is 1. The number of nitrogens with one attached hydrogen (secondary N) is 2. The fraction of sp³-hybridized carbons (Fsp3) is 0.125. The van der Waals surface area contributed by atoms with Gasteiger partial charge in [-0.3, -0.25) is 9.36 Å². The summed E-state index contributed by atoms with van der Waals surface area (Å²) in [6, 6.07) is 14.7. The smallest absolute Gasteiger partial charge is 0.251 e. The van der Waals surface area contributed by atoms with Crippen molar-refractivity contribution in [3.63, 3.8) is 0 Å². The number of hydrogen-bond acceptors (Lipinski definition) is 3. The Bertz CT molecular complexity index is 1470. The maximum absolute atomic E-state index is 12.8. The van der Waals surface area contributed by atoms with Gasteiger partial charge in [-0.15, -0.1) is 0 Å². The van der Waals surface area contributed by atoms with Crippen LogP contribution < -0.4 is 5.32 Å². The maximum atomic E-state index is 12.8. The van der Waals surface area contributed by atoms with Gasteiger partial charge in [0.15, 0.2) is 5.65 Å². The fourth-order valence-corrected chi connectivity index (χ4v) is 4.28. The third-order valence-electron chi connectivity index (χ3n) is 5.44. The number of carbonyl (C=O) groups is 1. The molecule has 8 heteroatoms. The van der Waals surface area contributed by atoms with Gasteiger partial charge in [-0.1, -0.05) is 23.2 Å². The highest BCUT2D eigenvalue weighted by Gasteiger charge is 2.16. The lowest BCUT2D eigenvalue weighted by atomic mass is 10.1. The van der Waals surface area contributed by atoms with Gasteiger partial charge in [0.05, 0.1) is 10.7 Å². The zero-order valence-corrected chi connectivity index (χ0v) is 18.7. The molecule has 0 bridgehead atoms. The van der Waals surface area contributed by atoms with Gasteiger partial charge in [-0.25, -0.2) is 9.97 Å². The van der Waals surface area contributed by atoms with Gasteiger partial charge in [-0.2, -0.15) is 0 Å². The van der Waals surface area contributed by atoms with E-state index in [1.54, 1.807) is 24.4 Å². The van der Waals surface area contributed by atoms with Crippen LogP contribution in [0.4, 0.5) is 0 Å². The van der Waals surface area contributed by atoms with E-state index in [1.165, 1.54) is 0 Å². The van der Waals surface area contributed by atoms with Gasteiger partial charge < -0.3 is 10.3 Å². The van der Waals surface area contributed by atoms with Gasteiger partial charge in [0.25, 0.3) is 5.91 Å². The molecule has 3 heterocycles. The summed E-state index contributed by atoms with van der Waals surface area (Å²) in [6.45, 7) is 2.38. The van der Waals surface area contributed by atoms with Crippen LogP contribution in [0.25, 0.3) is 27.8 Å². The van der Waals surface area contributed by atoms with Crippen molar-refractivity contribution >= 4 is 51.2 Å². The van der Waals surface area contributed by atoms with E-state index in [4.69, 9.17) is 23.2 Å². The second-order valence-electron chi connectivity index (χ2n) is 7.52. The van der Waals surface area contributed by atoms with Gasteiger partial charge in [-0.05, 0) is 67.4 Å². The average Bonchev–Trinajstić information content (AvgIpc) is 3.33. The number of rotatable bonds is 5. The second-order valence-corrected chi connectivity index (χ2v) is 8.36. The van der Waals surface area contributed by atoms with Crippen LogP contribution in [-0.2, 0) is 6.42 Å². The van der Waals surface area contributed by atoms with Crippen molar-refractivity contribution in [2.75, 3.05) is 6.54 Å². The van der Waals surface area contributed by atoms with Crippen molar-refractivity contribution in [3.8, 4) is 5.69 Å². The van der Waals surface area contributed by atoms with Crippen LogP contribution in [-0.4, -0.2) is 32.0 Å². The van der Waals surface area contributed by atoms with Gasteiger partial charge >= 0.3 is 0 Å². The Morgan fingerprint density at radius 1 is 1.16 bits per heavy atom. The topological polar surface area (TPSA) is 75.6 Å². The Morgan fingerprint density at radius 2 is 2.03 bits per heavy atom. The molecule has 0 unspecified atom stereocenters. The van der Waals surface area contributed by atoms with Crippen LogP contribution in [0.15, 0.2) is 60.9 Å². The number of aryl methyl sites for hydroxylation is 1. The first-order chi connectivity index (χ1) is 15.5. The lowest BCUT2D eigenvalue weighted by molar-refractivity contribution is 0.0954. The Balaban J connectivity index is 1.36. The predicted octanol–water partition coefficient (Wildman–Crippen LogP) is 5.49. The number of benzene rings is 2. The molecule has 0 saturated carbocycles. The number of H-pyrrole nitrogens is 1. The van der Waals surface area contributed by atoms with Crippen LogP contribution in [0.2, 0.25) is 10.0 Å². The summed E-state index contributed by atoms with van der Waals surface area (Å²) < 4.78 is 1.87. The molecule has 3 aromatic heterocycles. The molecule has 0 radical (unpaired) electrons. The third-order valence-corrected chi connectivity index (χ3v) is 6.00. The standard InChI is InChI=1S/C24H19Cl2N5O/c1-14-30-21-3-2-9-27-23(21)31(14)22-11-15(4-6-19(22)26)24(32)28-10-8-16-13-29-20-7-5-17(25)12-18(16)20/h2-7,9,11-13,29H,8,10H2,1H3,(H,28,32). The highest BCUT2D eigenvalue weighted by atomic mass is 35.5. The quantitative estimate of drug-likeness (QED) is 0.361. The molecule has 0 fully saturated rings. The van der Waals surface area contributed by atoms with E-state index in [2.05, 4.69) is 20.3 Å². The number of amides is 1. The van der Waals surface area contributed by atoms with Crippen LogP contribution in [0.5, 0.6) is 0 Å². The molecule has 0 spiro atoms. The maximum Gasteiger partial charge on any atom is 0.251 e. The molecule has 5 rings (SSSR count). The molecule has 2 N–H and O–H groups in total. The van der Waals surface area contributed by atoms with Crippen LogP contribution in [0, 0.1) is 6.92 Å². The first-order valence-electron chi connectivity index (χ1n) is 10.1. The summed E-state index contributed by atoms with van der Waals surface area (Å²) in [5.74, 6) is 0.576. The number of aromatic amines is 1. The van der Waals surface area contributed by atoms with Crippen molar-refractivity contribution in [1.82, 2.24) is 24.8 Å². The minimum Gasteiger partial charge on any atom is -0.361 e. The molecule has 1 amide bonds. The molecule has 0 saturated heterocycles. The fourth-order valence-electron chi connectivity index (χ4n) is 3.91. The SMILES string of the molecule is Cc1nc2cccnc2n1-c1cc(C(=O)NCCc2c[nH]c3ccc(Cl)cc23)ccc1Cl.